The zero-order valence-corrected chi connectivity index (χ0v) is 20.2. The first-order chi connectivity index (χ1) is 15.0. The first kappa shape index (κ1) is 25.0. The SMILES string of the molecule is CC(=O)OC[C@H]1C[C@@H](OC(C)=O)CC[C@]1(C)[C@H]1CC[C@]2(C)C[C@@H](OC(C)=O)C[C@H]2[C@@H]1CO. The second-order valence-electron chi connectivity index (χ2n) is 10.9. The van der Waals surface area contributed by atoms with Crippen LogP contribution in [0, 0.1) is 34.5 Å². The molecule has 3 fully saturated rings. The molecule has 0 radical (unpaired) electrons. The Morgan fingerprint density at radius 3 is 2.12 bits per heavy atom. The minimum absolute atomic E-state index is 0.0542. The summed E-state index contributed by atoms with van der Waals surface area (Å²) in [5, 5.41) is 10.5. The van der Waals surface area contributed by atoms with Gasteiger partial charge in [-0.3, -0.25) is 14.4 Å². The van der Waals surface area contributed by atoms with Gasteiger partial charge in [-0.05, 0) is 73.5 Å². The van der Waals surface area contributed by atoms with Crippen molar-refractivity contribution in [1.29, 1.82) is 0 Å². The molecule has 3 rings (SSSR count). The second-order valence-corrected chi connectivity index (χ2v) is 10.9. The maximum atomic E-state index is 11.6. The molecule has 3 aliphatic carbocycles. The summed E-state index contributed by atoms with van der Waals surface area (Å²) in [7, 11) is 0. The Balaban J connectivity index is 1.83. The van der Waals surface area contributed by atoms with Crippen LogP contribution in [0.3, 0.4) is 0 Å². The standard InChI is InChI=1S/C25H40O7/c1-15(27)30-14-18-10-19(31-16(2)28)6-9-25(18,5)22-7-8-24(4)12-20(32-17(3)29)11-23(24)21(22)13-26/h18-23,26H,6-14H2,1-5H3/t18-,19+,20+,21-,22+,23+,24-,25+/m1/s1. The molecule has 0 bridgehead atoms. The predicted molar refractivity (Wildman–Crippen MR) is 117 cm³/mol. The van der Waals surface area contributed by atoms with Crippen LogP contribution in [0.5, 0.6) is 0 Å². The lowest BCUT2D eigenvalue weighted by Crippen LogP contribution is -2.52. The third kappa shape index (κ3) is 5.13. The number of fused-ring (bicyclic) bond motifs is 1. The van der Waals surface area contributed by atoms with Crippen LogP contribution >= 0.6 is 0 Å². The first-order valence-corrected chi connectivity index (χ1v) is 12.1. The summed E-state index contributed by atoms with van der Waals surface area (Å²) in [4.78, 5) is 34.7. The lowest BCUT2D eigenvalue weighted by molar-refractivity contribution is -0.162. The van der Waals surface area contributed by atoms with E-state index in [1.807, 2.05) is 0 Å². The van der Waals surface area contributed by atoms with Crippen LogP contribution in [-0.4, -0.2) is 48.4 Å². The van der Waals surface area contributed by atoms with Crippen LogP contribution in [0.4, 0.5) is 0 Å². The van der Waals surface area contributed by atoms with Gasteiger partial charge >= 0.3 is 17.9 Å². The van der Waals surface area contributed by atoms with Crippen molar-refractivity contribution in [3.8, 4) is 0 Å². The molecule has 0 spiro atoms. The topological polar surface area (TPSA) is 99.1 Å². The molecule has 0 saturated heterocycles. The number of carbonyl (C=O) groups is 3. The number of ether oxygens (including phenoxy) is 3. The van der Waals surface area contributed by atoms with Gasteiger partial charge in [-0.15, -0.1) is 0 Å². The van der Waals surface area contributed by atoms with Crippen molar-refractivity contribution in [2.45, 2.75) is 91.8 Å². The minimum atomic E-state index is -0.308. The number of aliphatic hydroxyl groups excluding tert-OH is 1. The van der Waals surface area contributed by atoms with Gasteiger partial charge in [-0.2, -0.15) is 0 Å². The maximum Gasteiger partial charge on any atom is 0.302 e. The first-order valence-electron chi connectivity index (χ1n) is 12.1. The van der Waals surface area contributed by atoms with Crippen LogP contribution in [-0.2, 0) is 28.6 Å². The Kier molecular flexibility index (Phi) is 7.58. The molecule has 32 heavy (non-hydrogen) atoms. The molecule has 3 saturated carbocycles. The summed E-state index contributed by atoms with van der Waals surface area (Å²) in [5.41, 5.74) is -0.0823. The smallest absolute Gasteiger partial charge is 0.302 e. The van der Waals surface area contributed by atoms with E-state index in [1.165, 1.54) is 20.8 Å². The highest BCUT2D eigenvalue weighted by Gasteiger charge is 2.58. The van der Waals surface area contributed by atoms with Crippen molar-refractivity contribution in [2.24, 2.45) is 34.5 Å². The molecule has 7 nitrogen and oxygen atoms in total. The summed E-state index contributed by atoms with van der Waals surface area (Å²) < 4.78 is 16.6. The molecule has 0 amide bonds. The fraction of sp³-hybridized carbons (Fsp3) is 0.880. The Bertz CT molecular complexity index is 721. The summed E-state index contributed by atoms with van der Waals surface area (Å²) in [5.74, 6) is -0.131. The van der Waals surface area contributed by atoms with Crippen molar-refractivity contribution in [1.82, 2.24) is 0 Å². The second kappa shape index (κ2) is 9.70. The molecule has 0 aromatic rings. The maximum absolute atomic E-state index is 11.6. The van der Waals surface area contributed by atoms with Crippen molar-refractivity contribution in [3.63, 3.8) is 0 Å². The van der Waals surface area contributed by atoms with Crippen molar-refractivity contribution in [2.75, 3.05) is 13.2 Å². The average molecular weight is 453 g/mol. The molecule has 0 heterocycles. The van der Waals surface area contributed by atoms with E-state index in [1.54, 1.807) is 0 Å². The van der Waals surface area contributed by atoms with Crippen LogP contribution in [0.15, 0.2) is 0 Å². The van der Waals surface area contributed by atoms with Crippen molar-refractivity contribution in [3.05, 3.63) is 0 Å². The number of rotatable bonds is 6. The zero-order chi connectivity index (χ0) is 23.7. The van der Waals surface area contributed by atoms with Crippen LogP contribution in [0.25, 0.3) is 0 Å². The number of hydrogen-bond donors (Lipinski definition) is 1. The van der Waals surface area contributed by atoms with Gasteiger partial charge in [0.2, 0.25) is 0 Å². The van der Waals surface area contributed by atoms with Crippen molar-refractivity contribution < 1.29 is 33.7 Å². The van der Waals surface area contributed by atoms with E-state index in [4.69, 9.17) is 14.2 Å². The minimum Gasteiger partial charge on any atom is -0.466 e. The summed E-state index contributed by atoms with van der Waals surface area (Å²) in [6.07, 6.45) is 5.70. The van der Waals surface area contributed by atoms with E-state index < -0.39 is 0 Å². The highest BCUT2D eigenvalue weighted by atomic mass is 16.5. The Morgan fingerprint density at radius 1 is 0.875 bits per heavy atom. The zero-order valence-electron chi connectivity index (χ0n) is 20.2. The Morgan fingerprint density at radius 2 is 1.53 bits per heavy atom. The molecule has 0 aromatic carbocycles. The van der Waals surface area contributed by atoms with Crippen LogP contribution in [0.1, 0.15) is 79.6 Å². The molecule has 0 aliphatic heterocycles. The van der Waals surface area contributed by atoms with E-state index >= 15 is 0 Å². The van der Waals surface area contributed by atoms with Crippen LogP contribution in [0.2, 0.25) is 0 Å². The molecule has 1 N–H and O–H groups in total. The largest absolute Gasteiger partial charge is 0.466 e. The van der Waals surface area contributed by atoms with Gasteiger partial charge in [-0.1, -0.05) is 13.8 Å². The molecule has 182 valence electrons. The molecule has 0 unspecified atom stereocenters. The quantitative estimate of drug-likeness (QED) is 0.485. The van der Waals surface area contributed by atoms with Gasteiger partial charge in [0.05, 0.1) is 6.61 Å². The van der Waals surface area contributed by atoms with E-state index in [9.17, 15) is 19.5 Å². The summed E-state index contributed by atoms with van der Waals surface area (Å²) in [6, 6.07) is 0. The molecule has 7 heteroatoms. The van der Waals surface area contributed by atoms with E-state index in [2.05, 4.69) is 13.8 Å². The predicted octanol–water partition coefficient (Wildman–Crippen LogP) is 3.65. The molecular formula is C25H40O7. The molecular weight excluding hydrogens is 412 g/mol. The van der Waals surface area contributed by atoms with Gasteiger partial charge in [0.25, 0.3) is 0 Å². The highest BCUT2D eigenvalue weighted by molar-refractivity contribution is 5.66. The van der Waals surface area contributed by atoms with Gasteiger partial charge in [0, 0.05) is 33.3 Å². The van der Waals surface area contributed by atoms with Gasteiger partial charge in [0.1, 0.15) is 12.2 Å². The molecule has 8 atom stereocenters. The fourth-order valence-electron chi connectivity index (χ4n) is 7.37. The van der Waals surface area contributed by atoms with Crippen molar-refractivity contribution >= 4 is 17.9 Å². The third-order valence-corrected chi connectivity index (χ3v) is 8.86. The summed E-state index contributed by atoms with van der Waals surface area (Å²) >= 11 is 0. The Hall–Kier alpha value is -1.63. The Labute approximate surface area is 191 Å². The van der Waals surface area contributed by atoms with E-state index in [0.29, 0.717) is 13.0 Å². The summed E-state index contributed by atoms with van der Waals surface area (Å²) in [6.45, 7) is 9.24. The molecule has 3 aliphatic rings. The normalized spacial score (nSPS) is 41.4. The number of carbonyl (C=O) groups excluding carboxylic acids is 3. The van der Waals surface area contributed by atoms with Gasteiger partial charge in [0.15, 0.2) is 0 Å². The number of hydrogen-bond acceptors (Lipinski definition) is 7. The van der Waals surface area contributed by atoms with Gasteiger partial charge < -0.3 is 19.3 Å². The average Bonchev–Trinajstić information content (AvgIpc) is 3.02. The van der Waals surface area contributed by atoms with E-state index in [-0.39, 0.29) is 71.2 Å². The van der Waals surface area contributed by atoms with E-state index in [0.717, 1.165) is 38.5 Å². The van der Waals surface area contributed by atoms with Gasteiger partial charge in [-0.25, -0.2) is 0 Å². The fourth-order valence-corrected chi connectivity index (χ4v) is 7.37. The lowest BCUT2D eigenvalue weighted by atomic mass is 9.50. The molecule has 0 aromatic heterocycles. The number of aliphatic hydroxyl groups is 1. The number of esters is 3. The highest BCUT2D eigenvalue weighted by Crippen LogP contribution is 2.62. The van der Waals surface area contributed by atoms with Crippen LogP contribution < -0.4 is 0 Å². The monoisotopic (exact) mass is 452 g/mol. The lowest BCUT2D eigenvalue weighted by Gasteiger charge is -2.56. The third-order valence-electron chi connectivity index (χ3n) is 8.86.